The molecule has 0 heterocycles. The smallest absolute Gasteiger partial charge is 0.240 e. The van der Waals surface area contributed by atoms with Crippen LogP contribution in [0.15, 0.2) is 50.6 Å². The van der Waals surface area contributed by atoms with Gasteiger partial charge in [0.1, 0.15) is 0 Å². The second kappa shape index (κ2) is 23.9. The minimum Gasteiger partial charge on any atom is -0.366 e. The minimum atomic E-state index is -0.481. The number of hydrogen-bond acceptors (Lipinski definition) is 3. The number of allylic oxidation sites excluding steroid dienone is 1. The molecule has 0 unspecified atom stereocenters. The van der Waals surface area contributed by atoms with Gasteiger partial charge in [0.15, 0.2) is 0 Å². The third kappa shape index (κ3) is 180. The van der Waals surface area contributed by atoms with Crippen molar-refractivity contribution in [2.45, 2.75) is 6.92 Å². The van der Waals surface area contributed by atoms with E-state index in [1.165, 1.54) is 0 Å². The first-order chi connectivity index (χ1) is 8.22. The van der Waals surface area contributed by atoms with Crippen LogP contribution in [0.25, 0.3) is 0 Å². The molecule has 3 amide bonds. The molecule has 0 aliphatic carbocycles. The van der Waals surface area contributed by atoms with Crippen LogP contribution in [-0.4, -0.2) is 17.7 Å². The summed E-state index contributed by atoms with van der Waals surface area (Å²) in [6, 6.07) is 0. The fourth-order valence-corrected chi connectivity index (χ4v) is 0. The van der Waals surface area contributed by atoms with Crippen LogP contribution in [0.3, 0.4) is 0 Å². The molecule has 0 radical (unpaired) electrons. The summed E-state index contributed by atoms with van der Waals surface area (Å²) in [5, 5.41) is 0. The zero-order valence-corrected chi connectivity index (χ0v) is 10.6. The van der Waals surface area contributed by atoms with Gasteiger partial charge in [-0.2, -0.15) is 0 Å². The first-order valence-corrected chi connectivity index (χ1v) is 4.55. The summed E-state index contributed by atoms with van der Waals surface area (Å²) in [4.78, 5) is 28.4. The number of hydrogen-bond donors (Lipinski definition) is 3. The van der Waals surface area contributed by atoms with Crippen molar-refractivity contribution in [1.82, 2.24) is 0 Å². The lowest BCUT2D eigenvalue weighted by Gasteiger charge is -1.65. The van der Waals surface area contributed by atoms with Crippen molar-refractivity contribution in [2.24, 2.45) is 17.2 Å². The van der Waals surface area contributed by atoms with Crippen LogP contribution in [0, 0.1) is 0 Å². The van der Waals surface area contributed by atoms with Gasteiger partial charge in [0.2, 0.25) is 17.7 Å². The predicted octanol–water partition coefficient (Wildman–Crippen LogP) is 0.165. The Morgan fingerprint density at radius 2 is 0.778 bits per heavy atom. The highest BCUT2D eigenvalue weighted by atomic mass is 16.1. The number of carbonyl (C=O) groups is 3. The first kappa shape index (κ1) is 24.6. The standard InChI is InChI=1S/3C3H5NO.C3H6/c3*1-2-3(4)5;1-3-2/h3*2H,1H2,(H2,4,5);3H,1H2,2H3. The summed E-state index contributed by atoms with van der Waals surface area (Å²) < 4.78 is 0. The van der Waals surface area contributed by atoms with Gasteiger partial charge in [0, 0.05) is 0 Å². The maximum Gasteiger partial charge on any atom is 0.240 e. The van der Waals surface area contributed by atoms with Crippen molar-refractivity contribution < 1.29 is 14.4 Å². The molecule has 102 valence electrons. The van der Waals surface area contributed by atoms with Crippen molar-refractivity contribution in [2.75, 3.05) is 0 Å². The highest BCUT2D eigenvalue weighted by Gasteiger charge is 1.70. The van der Waals surface area contributed by atoms with E-state index < -0.39 is 17.7 Å². The van der Waals surface area contributed by atoms with E-state index in [1.54, 1.807) is 6.08 Å². The maximum absolute atomic E-state index is 9.47. The summed E-state index contributed by atoms with van der Waals surface area (Å²) in [5.41, 5.74) is 13.6. The van der Waals surface area contributed by atoms with Crippen LogP contribution in [0.5, 0.6) is 0 Å². The average molecular weight is 255 g/mol. The van der Waals surface area contributed by atoms with Crippen molar-refractivity contribution in [3.8, 4) is 0 Å². The molecule has 0 aromatic rings. The quantitative estimate of drug-likeness (QED) is 0.490. The third-order valence-corrected chi connectivity index (χ3v) is 0.604. The van der Waals surface area contributed by atoms with Crippen LogP contribution in [-0.2, 0) is 14.4 Å². The van der Waals surface area contributed by atoms with E-state index in [2.05, 4.69) is 43.5 Å². The summed E-state index contributed by atoms with van der Waals surface area (Å²) in [7, 11) is 0. The molecule has 0 rings (SSSR count). The van der Waals surface area contributed by atoms with Crippen LogP contribution < -0.4 is 17.2 Å². The molecule has 6 nitrogen and oxygen atoms in total. The van der Waals surface area contributed by atoms with E-state index in [4.69, 9.17) is 0 Å². The summed E-state index contributed by atoms with van der Waals surface area (Å²) in [6.07, 6.45) is 4.92. The molecule has 6 N–H and O–H groups in total. The van der Waals surface area contributed by atoms with Gasteiger partial charge in [0.05, 0.1) is 0 Å². The van der Waals surface area contributed by atoms with Crippen molar-refractivity contribution >= 4 is 17.7 Å². The summed E-state index contributed by atoms with van der Waals surface area (Å²) in [5.74, 6) is -1.44. The zero-order valence-electron chi connectivity index (χ0n) is 10.6. The number of carbonyl (C=O) groups excluding carboxylic acids is 3. The largest absolute Gasteiger partial charge is 0.366 e. The second-order valence-electron chi connectivity index (χ2n) is 2.23. The molecular formula is C12H21N3O3. The normalized spacial score (nSPS) is 6.06. The topological polar surface area (TPSA) is 129 Å². The Kier molecular flexibility index (Phi) is 32.6. The van der Waals surface area contributed by atoms with Crippen LogP contribution in [0.4, 0.5) is 0 Å². The van der Waals surface area contributed by atoms with Gasteiger partial charge in [-0.05, 0) is 25.2 Å². The molecule has 0 aliphatic rings. The Hall–Kier alpha value is -2.63. The fourth-order valence-electron chi connectivity index (χ4n) is 0. The van der Waals surface area contributed by atoms with E-state index in [0.29, 0.717) is 0 Å². The SMILES string of the molecule is C=CC.C=CC(N)=O.C=CC(N)=O.C=CC(N)=O. The van der Waals surface area contributed by atoms with E-state index >= 15 is 0 Å². The Morgan fingerprint density at radius 3 is 0.778 bits per heavy atom. The Morgan fingerprint density at radius 1 is 0.722 bits per heavy atom. The number of amides is 3. The van der Waals surface area contributed by atoms with Gasteiger partial charge in [-0.1, -0.05) is 25.8 Å². The molecule has 0 atom stereocenters. The molecule has 18 heavy (non-hydrogen) atoms. The molecule has 0 spiro atoms. The monoisotopic (exact) mass is 255 g/mol. The van der Waals surface area contributed by atoms with Crippen LogP contribution in [0.1, 0.15) is 6.92 Å². The van der Waals surface area contributed by atoms with Gasteiger partial charge < -0.3 is 17.2 Å². The highest BCUT2D eigenvalue weighted by Crippen LogP contribution is 1.49. The number of primary amides is 3. The molecular weight excluding hydrogens is 234 g/mol. The lowest BCUT2D eigenvalue weighted by Crippen LogP contribution is -2.04. The van der Waals surface area contributed by atoms with Crippen LogP contribution in [0.2, 0.25) is 0 Å². The molecule has 0 fully saturated rings. The minimum absolute atomic E-state index is 0.481. The van der Waals surface area contributed by atoms with Gasteiger partial charge in [0.25, 0.3) is 0 Å². The van der Waals surface area contributed by atoms with Gasteiger partial charge in [-0.15, -0.1) is 6.58 Å². The fraction of sp³-hybridized carbons (Fsp3) is 0.0833. The molecule has 0 saturated carbocycles. The Balaban J connectivity index is -0.0000000739. The molecule has 0 saturated heterocycles. The van der Waals surface area contributed by atoms with Crippen molar-refractivity contribution in [1.29, 1.82) is 0 Å². The first-order valence-electron chi connectivity index (χ1n) is 4.55. The zero-order chi connectivity index (χ0) is 15.6. The highest BCUT2D eigenvalue weighted by molar-refractivity contribution is 5.85. The van der Waals surface area contributed by atoms with E-state index in [9.17, 15) is 14.4 Å². The predicted molar refractivity (Wildman–Crippen MR) is 74.0 cm³/mol. The molecule has 0 bridgehead atoms. The summed E-state index contributed by atoms with van der Waals surface area (Å²) in [6.45, 7) is 14.5. The molecule has 0 aliphatic heterocycles. The second-order valence-corrected chi connectivity index (χ2v) is 2.23. The van der Waals surface area contributed by atoms with E-state index in [-0.39, 0.29) is 0 Å². The molecule has 0 aromatic carbocycles. The van der Waals surface area contributed by atoms with Crippen LogP contribution >= 0.6 is 0 Å². The lowest BCUT2D eigenvalue weighted by atomic mass is 10.6. The van der Waals surface area contributed by atoms with E-state index in [0.717, 1.165) is 18.2 Å². The summed E-state index contributed by atoms with van der Waals surface area (Å²) >= 11 is 0. The average Bonchev–Trinajstić information content (AvgIpc) is 2.31. The van der Waals surface area contributed by atoms with E-state index in [1.807, 2.05) is 6.92 Å². The lowest BCUT2D eigenvalue weighted by molar-refractivity contribution is -0.114. The molecule has 0 aromatic heterocycles. The van der Waals surface area contributed by atoms with Crippen molar-refractivity contribution in [3.05, 3.63) is 50.6 Å². The maximum atomic E-state index is 9.47. The Labute approximate surface area is 108 Å². The number of nitrogens with two attached hydrogens (primary N) is 3. The molecule has 6 heteroatoms. The Bertz CT molecular complexity index is 254. The third-order valence-electron chi connectivity index (χ3n) is 0.604. The van der Waals surface area contributed by atoms with Crippen molar-refractivity contribution in [3.63, 3.8) is 0 Å². The number of rotatable bonds is 3. The van der Waals surface area contributed by atoms with Gasteiger partial charge in [-0.25, -0.2) is 0 Å². The van der Waals surface area contributed by atoms with Gasteiger partial charge in [-0.3, -0.25) is 14.4 Å². The van der Waals surface area contributed by atoms with Gasteiger partial charge >= 0.3 is 0 Å².